The van der Waals surface area contributed by atoms with Gasteiger partial charge in [-0.05, 0) is 27.4 Å². The van der Waals surface area contributed by atoms with Crippen molar-refractivity contribution in [1.29, 1.82) is 0 Å². The monoisotopic (exact) mass is 386 g/mol. The van der Waals surface area contributed by atoms with E-state index in [-0.39, 0.29) is 27.2 Å². The number of nitrogens with zero attached hydrogens (tertiary/aromatic N) is 2. The third-order valence-electron chi connectivity index (χ3n) is 3.50. The maximum absolute atomic E-state index is 10.9. The molecule has 3 rings (SSSR count). The maximum Gasteiger partial charge on any atom is 0.271 e. The van der Waals surface area contributed by atoms with E-state index >= 15 is 0 Å². The molecule has 0 heterocycles. The Bertz CT molecular complexity index is 986. The average molecular weight is 387 g/mol. The smallest absolute Gasteiger partial charge is 0.271 e. The average Bonchev–Trinajstić information content (AvgIpc) is 2.57. The zero-order chi connectivity index (χ0) is 17.3. The highest BCUT2D eigenvalue weighted by molar-refractivity contribution is 9.10. The predicted octanol–water partition coefficient (Wildman–Crippen LogP) is 4.67. The third kappa shape index (κ3) is 2.93. The fourth-order valence-electron chi connectivity index (χ4n) is 2.32. The van der Waals surface area contributed by atoms with Gasteiger partial charge in [0.1, 0.15) is 17.2 Å². The molecule has 0 atom stereocenters. The van der Waals surface area contributed by atoms with Crippen LogP contribution in [0.3, 0.4) is 0 Å². The molecule has 0 aliphatic rings. The van der Waals surface area contributed by atoms with Crippen LogP contribution >= 0.6 is 15.9 Å². The molecular weight excluding hydrogens is 376 g/mol. The number of rotatable bonds is 3. The Morgan fingerprint density at radius 2 is 1.88 bits per heavy atom. The molecular formula is C17H11BrN2O4. The number of nitro benzene ring substituents is 1. The first-order chi connectivity index (χ1) is 11.5. The first kappa shape index (κ1) is 15.9. The Morgan fingerprint density at radius 1 is 1.12 bits per heavy atom. The number of fused-ring (bicyclic) bond motifs is 1. The van der Waals surface area contributed by atoms with Crippen molar-refractivity contribution in [3.8, 4) is 11.5 Å². The van der Waals surface area contributed by atoms with E-state index in [1.54, 1.807) is 6.07 Å². The van der Waals surface area contributed by atoms with Crippen molar-refractivity contribution >= 4 is 44.3 Å². The van der Waals surface area contributed by atoms with Crippen molar-refractivity contribution in [3.05, 3.63) is 68.7 Å². The summed E-state index contributed by atoms with van der Waals surface area (Å²) >= 11 is 3.08. The number of phenols is 2. The van der Waals surface area contributed by atoms with Crippen LogP contribution in [0.25, 0.3) is 10.8 Å². The fraction of sp³-hybridized carbons (Fsp3) is 0. The topological polar surface area (TPSA) is 96.0 Å². The van der Waals surface area contributed by atoms with E-state index in [1.807, 2.05) is 24.3 Å². The molecule has 2 N–H and O–H groups in total. The van der Waals surface area contributed by atoms with Crippen LogP contribution in [0, 0.1) is 10.1 Å². The summed E-state index contributed by atoms with van der Waals surface area (Å²) < 4.78 is 0.195. The molecule has 0 radical (unpaired) electrons. The van der Waals surface area contributed by atoms with Crippen LogP contribution in [-0.2, 0) is 0 Å². The molecule has 0 aromatic heterocycles. The Hall–Kier alpha value is -2.93. The molecule has 7 heteroatoms. The number of hydrogen-bond donors (Lipinski definition) is 2. The number of benzene rings is 3. The number of nitro groups is 1. The minimum Gasteiger partial charge on any atom is -0.506 e. The van der Waals surface area contributed by atoms with Gasteiger partial charge in [0.25, 0.3) is 5.69 Å². The second-order valence-electron chi connectivity index (χ2n) is 5.04. The summed E-state index contributed by atoms with van der Waals surface area (Å²) in [4.78, 5) is 14.6. The SMILES string of the molecule is O=[N+]([O-])c1cc(Br)c(O)c(C=Nc2c(O)ccc3ccccc23)c1. The molecule has 0 saturated carbocycles. The summed E-state index contributed by atoms with van der Waals surface area (Å²) in [6.45, 7) is 0. The molecule has 0 spiro atoms. The van der Waals surface area contributed by atoms with Crippen molar-refractivity contribution < 1.29 is 15.1 Å². The summed E-state index contributed by atoms with van der Waals surface area (Å²) in [5.41, 5.74) is 0.321. The van der Waals surface area contributed by atoms with E-state index in [0.717, 1.165) is 10.8 Å². The van der Waals surface area contributed by atoms with Crippen LogP contribution in [0.5, 0.6) is 11.5 Å². The summed E-state index contributed by atoms with van der Waals surface area (Å²) in [5, 5.41) is 32.7. The second-order valence-corrected chi connectivity index (χ2v) is 5.89. The Labute approximate surface area is 145 Å². The molecule has 0 saturated heterocycles. The van der Waals surface area contributed by atoms with Crippen molar-refractivity contribution in [2.24, 2.45) is 4.99 Å². The quantitative estimate of drug-likeness (QED) is 0.388. The van der Waals surface area contributed by atoms with Crippen LogP contribution in [0.1, 0.15) is 5.56 Å². The Kier molecular flexibility index (Phi) is 4.18. The maximum atomic E-state index is 10.9. The third-order valence-corrected chi connectivity index (χ3v) is 4.10. The highest BCUT2D eigenvalue weighted by Gasteiger charge is 2.14. The van der Waals surface area contributed by atoms with Crippen LogP contribution in [-0.4, -0.2) is 21.4 Å². The molecule has 0 aliphatic carbocycles. The molecule has 0 amide bonds. The van der Waals surface area contributed by atoms with Gasteiger partial charge in [-0.1, -0.05) is 30.3 Å². The number of hydrogen-bond acceptors (Lipinski definition) is 5. The Balaban J connectivity index is 2.13. The largest absolute Gasteiger partial charge is 0.506 e. The summed E-state index contributed by atoms with van der Waals surface area (Å²) in [6, 6.07) is 13.1. The molecule has 3 aromatic rings. The van der Waals surface area contributed by atoms with E-state index in [9.17, 15) is 20.3 Å². The van der Waals surface area contributed by atoms with Gasteiger partial charge in [0.15, 0.2) is 0 Å². The molecule has 0 fully saturated rings. The first-order valence-corrected chi connectivity index (χ1v) is 7.68. The van der Waals surface area contributed by atoms with E-state index in [0.29, 0.717) is 5.69 Å². The van der Waals surface area contributed by atoms with Gasteiger partial charge in [0.05, 0.1) is 9.40 Å². The van der Waals surface area contributed by atoms with Gasteiger partial charge in [-0.3, -0.25) is 15.1 Å². The number of non-ortho nitro benzene ring substituents is 1. The minimum absolute atomic E-state index is 0.0195. The number of phenolic OH excluding ortho intramolecular Hbond substituents is 2. The van der Waals surface area contributed by atoms with Gasteiger partial charge in [-0.15, -0.1) is 0 Å². The van der Waals surface area contributed by atoms with Crippen LogP contribution in [0.2, 0.25) is 0 Å². The lowest BCUT2D eigenvalue weighted by atomic mass is 10.1. The van der Waals surface area contributed by atoms with Gasteiger partial charge < -0.3 is 10.2 Å². The summed E-state index contributed by atoms with van der Waals surface area (Å²) in [5.74, 6) is -0.182. The van der Waals surface area contributed by atoms with Crippen molar-refractivity contribution in [2.45, 2.75) is 0 Å². The van der Waals surface area contributed by atoms with Gasteiger partial charge >= 0.3 is 0 Å². The van der Waals surface area contributed by atoms with Crippen molar-refractivity contribution in [1.82, 2.24) is 0 Å². The van der Waals surface area contributed by atoms with Crippen molar-refractivity contribution in [3.63, 3.8) is 0 Å². The minimum atomic E-state index is -0.559. The number of aliphatic imine (C=N–C) groups is 1. The Morgan fingerprint density at radius 3 is 2.62 bits per heavy atom. The second kappa shape index (κ2) is 6.29. The number of halogens is 1. The zero-order valence-corrected chi connectivity index (χ0v) is 13.8. The van der Waals surface area contributed by atoms with E-state index in [2.05, 4.69) is 20.9 Å². The van der Waals surface area contributed by atoms with Crippen LogP contribution in [0.4, 0.5) is 11.4 Å². The highest BCUT2D eigenvalue weighted by Crippen LogP contribution is 2.36. The lowest BCUT2D eigenvalue weighted by molar-refractivity contribution is -0.385. The van der Waals surface area contributed by atoms with E-state index < -0.39 is 4.92 Å². The summed E-state index contributed by atoms with van der Waals surface area (Å²) in [6.07, 6.45) is 1.29. The van der Waals surface area contributed by atoms with Crippen molar-refractivity contribution in [2.75, 3.05) is 0 Å². The first-order valence-electron chi connectivity index (χ1n) is 6.89. The summed E-state index contributed by atoms with van der Waals surface area (Å²) in [7, 11) is 0. The highest BCUT2D eigenvalue weighted by atomic mass is 79.9. The fourth-order valence-corrected chi connectivity index (χ4v) is 2.79. The molecule has 24 heavy (non-hydrogen) atoms. The standard InChI is InChI=1S/C17H11BrN2O4/c18-14-8-12(20(23)24)7-11(17(14)22)9-19-16-13-4-2-1-3-10(13)5-6-15(16)21/h1-9,21-22H. The molecule has 0 bridgehead atoms. The molecule has 6 nitrogen and oxygen atoms in total. The van der Waals surface area contributed by atoms with Gasteiger partial charge in [0.2, 0.25) is 0 Å². The predicted molar refractivity (Wildman–Crippen MR) is 95.3 cm³/mol. The molecule has 0 aliphatic heterocycles. The number of aromatic hydroxyl groups is 2. The van der Waals surface area contributed by atoms with Gasteiger partial charge in [-0.25, -0.2) is 0 Å². The lowest BCUT2D eigenvalue weighted by Gasteiger charge is -2.05. The van der Waals surface area contributed by atoms with E-state index in [1.165, 1.54) is 24.4 Å². The van der Waals surface area contributed by atoms with Gasteiger partial charge in [0, 0.05) is 29.3 Å². The van der Waals surface area contributed by atoms with Crippen LogP contribution in [0.15, 0.2) is 58.0 Å². The zero-order valence-electron chi connectivity index (χ0n) is 12.2. The van der Waals surface area contributed by atoms with Crippen LogP contribution < -0.4 is 0 Å². The lowest BCUT2D eigenvalue weighted by Crippen LogP contribution is -1.92. The molecule has 3 aromatic carbocycles. The van der Waals surface area contributed by atoms with Gasteiger partial charge in [-0.2, -0.15) is 0 Å². The molecule has 0 unspecified atom stereocenters. The molecule has 120 valence electrons. The normalized spacial score (nSPS) is 11.2. The van der Waals surface area contributed by atoms with E-state index in [4.69, 9.17) is 0 Å².